The minimum Gasteiger partial charge on any atom is -0.496 e. The fourth-order valence-electron chi connectivity index (χ4n) is 2.74. The van der Waals surface area contributed by atoms with Gasteiger partial charge in [0.15, 0.2) is 17.3 Å². The molecule has 7 nitrogen and oxygen atoms in total. The van der Waals surface area contributed by atoms with Gasteiger partial charge in [-0.1, -0.05) is 17.3 Å². The normalized spacial score (nSPS) is 12.5. The number of para-hydroxylation sites is 1. The van der Waals surface area contributed by atoms with Gasteiger partial charge in [-0.25, -0.2) is 4.79 Å². The Morgan fingerprint density at radius 1 is 1.07 bits per heavy atom. The molecule has 7 heteroatoms. The van der Waals surface area contributed by atoms with Crippen molar-refractivity contribution >= 4 is 5.97 Å². The summed E-state index contributed by atoms with van der Waals surface area (Å²) in [6.07, 6.45) is 0. The Bertz CT molecular complexity index is 965. The molecule has 1 aromatic heterocycles. The zero-order chi connectivity index (χ0) is 18.6. The lowest BCUT2D eigenvalue weighted by molar-refractivity contribution is 0.0460. The van der Waals surface area contributed by atoms with Crippen LogP contribution in [0.2, 0.25) is 0 Å². The van der Waals surface area contributed by atoms with Gasteiger partial charge >= 0.3 is 5.97 Å². The summed E-state index contributed by atoms with van der Waals surface area (Å²) in [5.74, 6) is 1.89. The van der Waals surface area contributed by atoms with Crippen molar-refractivity contribution in [1.29, 1.82) is 0 Å². The predicted octanol–water partition coefficient (Wildman–Crippen LogP) is 3.48. The van der Waals surface area contributed by atoms with Gasteiger partial charge in [-0.3, -0.25) is 0 Å². The summed E-state index contributed by atoms with van der Waals surface area (Å²) in [5.41, 5.74) is 1.66. The largest absolute Gasteiger partial charge is 0.496 e. The Kier molecular flexibility index (Phi) is 4.65. The predicted molar refractivity (Wildman–Crippen MR) is 95.0 cm³/mol. The standard InChI is InChI=1S/C20H17NO6/c1-23-16-5-3-2-4-15(16)20(22)26-12-14-11-18(27-21-14)13-6-7-17-19(10-13)25-9-8-24-17/h2-7,10-11H,8-9,12H2,1H3. The summed E-state index contributed by atoms with van der Waals surface area (Å²) in [5, 5.41) is 3.96. The van der Waals surface area contributed by atoms with Gasteiger partial charge in [0.25, 0.3) is 0 Å². The van der Waals surface area contributed by atoms with Gasteiger partial charge in [0.1, 0.15) is 36.8 Å². The molecule has 0 fully saturated rings. The first-order valence-electron chi connectivity index (χ1n) is 8.40. The number of carbonyl (C=O) groups is 1. The molecule has 1 aliphatic heterocycles. The number of esters is 1. The highest BCUT2D eigenvalue weighted by Crippen LogP contribution is 2.34. The number of rotatable bonds is 5. The van der Waals surface area contributed by atoms with Crippen molar-refractivity contribution in [2.75, 3.05) is 20.3 Å². The number of benzene rings is 2. The smallest absolute Gasteiger partial charge is 0.342 e. The van der Waals surface area contributed by atoms with Crippen molar-refractivity contribution in [3.8, 4) is 28.6 Å². The van der Waals surface area contributed by atoms with Crippen LogP contribution < -0.4 is 14.2 Å². The number of nitrogens with zero attached hydrogens (tertiary/aromatic N) is 1. The Morgan fingerprint density at radius 3 is 2.74 bits per heavy atom. The zero-order valence-electron chi connectivity index (χ0n) is 14.6. The van der Waals surface area contributed by atoms with E-state index in [0.717, 1.165) is 5.56 Å². The molecule has 0 atom stereocenters. The molecule has 27 heavy (non-hydrogen) atoms. The summed E-state index contributed by atoms with van der Waals surface area (Å²) in [7, 11) is 1.50. The fraction of sp³-hybridized carbons (Fsp3) is 0.200. The van der Waals surface area contributed by atoms with Gasteiger partial charge < -0.3 is 23.5 Å². The van der Waals surface area contributed by atoms with Crippen molar-refractivity contribution in [2.45, 2.75) is 6.61 Å². The monoisotopic (exact) mass is 367 g/mol. The number of methoxy groups -OCH3 is 1. The van der Waals surface area contributed by atoms with Gasteiger partial charge in [0.05, 0.1) is 7.11 Å². The number of hydrogen-bond donors (Lipinski definition) is 0. The molecule has 1 aliphatic rings. The number of fused-ring (bicyclic) bond motifs is 1. The van der Waals surface area contributed by atoms with E-state index in [1.165, 1.54) is 7.11 Å². The van der Waals surface area contributed by atoms with Crippen LogP contribution in [-0.4, -0.2) is 31.4 Å². The SMILES string of the molecule is COc1ccccc1C(=O)OCc1cc(-c2ccc3c(c2)OCCO3)on1. The van der Waals surface area contributed by atoms with Crippen molar-refractivity contribution in [1.82, 2.24) is 5.16 Å². The highest BCUT2D eigenvalue weighted by atomic mass is 16.6. The topological polar surface area (TPSA) is 80.0 Å². The van der Waals surface area contributed by atoms with E-state index in [0.29, 0.717) is 47.5 Å². The maximum atomic E-state index is 12.2. The number of aromatic nitrogens is 1. The summed E-state index contributed by atoms with van der Waals surface area (Å²) in [6.45, 7) is 1.04. The van der Waals surface area contributed by atoms with Gasteiger partial charge in [-0.05, 0) is 30.3 Å². The molecule has 0 amide bonds. The minimum absolute atomic E-state index is 0.00899. The van der Waals surface area contributed by atoms with E-state index in [-0.39, 0.29) is 6.61 Å². The second kappa shape index (κ2) is 7.41. The van der Waals surface area contributed by atoms with Crippen LogP contribution in [0.5, 0.6) is 17.2 Å². The highest BCUT2D eigenvalue weighted by molar-refractivity contribution is 5.92. The Morgan fingerprint density at radius 2 is 1.89 bits per heavy atom. The van der Waals surface area contributed by atoms with Gasteiger partial charge in [0.2, 0.25) is 0 Å². The van der Waals surface area contributed by atoms with Crippen LogP contribution in [0.1, 0.15) is 16.1 Å². The molecular weight excluding hydrogens is 350 g/mol. The van der Waals surface area contributed by atoms with Crippen molar-refractivity contribution < 1.29 is 28.3 Å². The van der Waals surface area contributed by atoms with E-state index in [1.807, 2.05) is 18.2 Å². The first-order chi connectivity index (χ1) is 13.2. The first-order valence-corrected chi connectivity index (χ1v) is 8.40. The summed E-state index contributed by atoms with van der Waals surface area (Å²) in [4.78, 5) is 12.2. The minimum atomic E-state index is -0.490. The van der Waals surface area contributed by atoms with E-state index >= 15 is 0 Å². The van der Waals surface area contributed by atoms with Gasteiger partial charge in [-0.2, -0.15) is 0 Å². The van der Waals surface area contributed by atoms with Crippen LogP contribution in [0.4, 0.5) is 0 Å². The summed E-state index contributed by atoms with van der Waals surface area (Å²) >= 11 is 0. The first kappa shape index (κ1) is 17.0. The molecule has 2 heterocycles. The summed E-state index contributed by atoms with van der Waals surface area (Å²) < 4.78 is 26.9. The van der Waals surface area contributed by atoms with E-state index < -0.39 is 5.97 Å². The molecule has 4 rings (SSSR count). The summed E-state index contributed by atoms with van der Waals surface area (Å²) in [6, 6.07) is 14.1. The van der Waals surface area contributed by atoms with Crippen LogP contribution >= 0.6 is 0 Å². The second-order valence-corrected chi connectivity index (χ2v) is 5.82. The zero-order valence-corrected chi connectivity index (χ0v) is 14.6. The van der Waals surface area contributed by atoms with Crippen LogP contribution in [0, 0.1) is 0 Å². The average molecular weight is 367 g/mol. The lowest BCUT2D eigenvalue weighted by Gasteiger charge is -2.18. The molecule has 0 saturated heterocycles. The number of hydrogen-bond acceptors (Lipinski definition) is 7. The Labute approximate surface area is 155 Å². The average Bonchev–Trinajstić information content (AvgIpc) is 3.20. The third-order valence-corrected chi connectivity index (χ3v) is 4.06. The lowest BCUT2D eigenvalue weighted by Crippen LogP contribution is -2.15. The van der Waals surface area contributed by atoms with Crippen LogP contribution in [0.25, 0.3) is 11.3 Å². The highest BCUT2D eigenvalue weighted by Gasteiger charge is 2.17. The third-order valence-electron chi connectivity index (χ3n) is 4.06. The van der Waals surface area contributed by atoms with Crippen LogP contribution in [0.15, 0.2) is 53.1 Å². The molecule has 0 bridgehead atoms. The Hall–Kier alpha value is -3.48. The second-order valence-electron chi connectivity index (χ2n) is 5.82. The van der Waals surface area contributed by atoms with Crippen molar-refractivity contribution in [3.05, 3.63) is 59.8 Å². The van der Waals surface area contributed by atoms with Gasteiger partial charge in [0, 0.05) is 11.6 Å². The number of ether oxygens (including phenoxy) is 4. The molecule has 0 radical (unpaired) electrons. The quantitative estimate of drug-likeness (QED) is 0.639. The maximum absolute atomic E-state index is 12.2. The van der Waals surface area contributed by atoms with E-state index in [2.05, 4.69) is 5.16 Å². The molecule has 0 N–H and O–H groups in total. The maximum Gasteiger partial charge on any atom is 0.342 e. The molecule has 0 spiro atoms. The van der Waals surface area contributed by atoms with E-state index in [9.17, 15) is 4.79 Å². The van der Waals surface area contributed by atoms with Crippen LogP contribution in [-0.2, 0) is 11.3 Å². The fourth-order valence-corrected chi connectivity index (χ4v) is 2.74. The van der Waals surface area contributed by atoms with Crippen LogP contribution in [0.3, 0.4) is 0 Å². The third kappa shape index (κ3) is 3.57. The molecule has 0 aliphatic carbocycles. The van der Waals surface area contributed by atoms with Crippen molar-refractivity contribution in [3.63, 3.8) is 0 Å². The molecule has 3 aromatic rings. The molecular formula is C20H17NO6. The lowest BCUT2D eigenvalue weighted by atomic mass is 10.1. The van der Waals surface area contributed by atoms with Crippen molar-refractivity contribution in [2.24, 2.45) is 0 Å². The Balaban J connectivity index is 1.45. The molecule has 0 saturated carbocycles. The molecule has 2 aromatic carbocycles. The van der Waals surface area contributed by atoms with Gasteiger partial charge in [-0.15, -0.1) is 0 Å². The van der Waals surface area contributed by atoms with E-state index in [1.54, 1.807) is 30.3 Å². The number of carbonyl (C=O) groups excluding carboxylic acids is 1. The van der Waals surface area contributed by atoms with E-state index in [4.69, 9.17) is 23.5 Å². The molecule has 138 valence electrons. The molecule has 0 unspecified atom stereocenters.